The maximum Gasteiger partial charge on any atom is 0.185 e. The highest BCUT2D eigenvalue weighted by molar-refractivity contribution is 6.24. The van der Waals surface area contributed by atoms with Gasteiger partial charge in [0.15, 0.2) is 11.6 Å². The summed E-state index contributed by atoms with van der Waals surface area (Å²) in [5.41, 5.74) is 2.69. The first-order valence-electron chi connectivity index (χ1n) is 7.36. The maximum atomic E-state index is 12.6. The summed E-state index contributed by atoms with van der Waals surface area (Å²) in [4.78, 5) is 25.0. The van der Waals surface area contributed by atoms with Crippen molar-refractivity contribution in [1.29, 1.82) is 0 Å². The van der Waals surface area contributed by atoms with Gasteiger partial charge < -0.3 is 10.1 Å². The minimum Gasteiger partial charge on any atom is -0.381 e. The molecule has 3 rings (SSSR count). The van der Waals surface area contributed by atoms with Crippen molar-refractivity contribution >= 4 is 11.6 Å². The number of nitrogens with one attached hydrogen (secondary N) is 1. The zero-order valence-corrected chi connectivity index (χ0v) is 12.2. The van der Waals surface area contributed by atoms with Gasteiger partial charge in [0.05, 0.1) is 0 Å². The molecule has 0 aromatic heterocycles. The van der Waals surface area contributed by atoms with Crippen LogP contribution in [-0.2, 0) is 14.3 Å². The van der Waals surface area contributed by atoms with E-state index in [-0.39, 0.29) is 17.1 Å². The van der Waals surface area contributed by atoms with Crippen LogP contribution < -0.4 is 5.32 Å². The van der Waals surface area contributed by atoms with Crippen LogP contribution in [0.25, 0.3) is 0 Å². The van der Waals surface area contributed by atoms with Crippen LogP contribution in [0, 0.1) is 0 Å². The number of carbonyl (C=O) groups is 2. The first kappa shape index (κ1) is 13.7. The van der Waals surface area contributed by atoms with Crippen LogP contribution in [0.2, 0.25) is 0 Å². The molecule has 0 amide bonds. The summed E-state index contributed by atoms with van der Waals surface area (Å²) in [6.07, 6.45) is 3.15. The van der Waals surface area contributed by atoms with Crippen molar-refractivity contribution in [2.75, 3.05) is 19.8 Å². The van der Waals surface area contributed by atoms with Crippen molar-refractivity contribution in [3.8, 4) is 0 Å². The third-order valence-corrected chi connectivity index (χ3v) is 5.00. The number of allylic oxidation sites excluding steroid dienone is 2. The van der Waals surface area contributed by atoms with Crippen LogP contribution in [-0.4, -0.2) is 36.9 Å². The summed E-state index contributed by atoms with van der Waals surface area (Å²) in [5, 5.41) is 3.58. The lowest BCUT2D eigenvalue weighted by molar-refractivity contribution is -0.116. The minimum absolute atomic E-state index is 0.0587. The van der Waals surface area contributed by atoms with Crippen molar-refractivity contribution < 1.29 is 14.3 Å². The second-order valence-corrected chi connectivity index (χ2v) is 6.11. The molecule has 0 aromatic rings. The molecule has 4 nitrogen and oxygen atoms in total. The number of hydrogen-bond donors (Lipinski definition) is 1. The normalized spacial score (nSPS) is 26.9. The molecule has 1 N–H and O–H groups in total. The van der Waals surface area contributed by atoms with Crippen molar-refractivity contribution in [1.82, 2.24) is 5.32 Å². The third-order valence-electron chi connectivity index (χ3n) is 5.00. The Morgan fingerprint density at radius 2 is 1.60 bits per heavy atom. The Labute approximate surface area is 119 Å². The molecule has 0 aromatic carbocycles. The van der Waals surface area contributed by atoms with E-state index in [0.717, 1.165) is 43.7 Å². The maximum absolute atomic E-state index is 12.6. The van der Waals surface area contributed by atoms with E-state index in [0.29, 0.717) is 24.0 Å². The highest BCUT2D eigenvalue weighted by Crippen LogP contribution is 2.37. The summed E-state index contributed by atoms with van der Waals surface area (Å²) in [7, 11) is 0. The summed E-state index contributed by atoms with van der Waals surface area (Å²) >= 11 is 0. The van der Waals surface area contributed by atoms with Gasteiger partial charge in [-0.15, -0.1) is 0 Å². The summed E-state index contributed by atoms with van der Waals surface area (Å²) in [6.45, 7) is 5.76. The predicted octanol–water partition coefficient (Wildman–Crippen LogP) is 1.70. The van der Waals surface area contributed by atoms with Crippen molar-refractivity contribution in [3.05, 3.63) is 22.3 Å². The first-order valence-corrected chi connectivity index (χ1v) is 7.36. The molecule has 4 heteroatoms. The van der Waals surface area contributed by atoms with Gasteiger partial charge in [0.1, 0.15) is 0 Å². The smallest absolute Gasteiger partial charge is 0.185 e. The molecule has 0 atom stereocenters. The van der Waals surface area contributed by atoms with Gasteiger partial charge in [-0.25, -0.2) is 0 Å². The Kier molecular flexibility index (Phi) is 3.38. The fraction of sp³-hybridized carbons (Fsp3) is 0.625. The summed E-state index contributed by atoms with van der Waals surface area (Å²) in [5.74, 6) is 0.148. The molecule has 0 bridgehead atoms. The topological polar surface area (TPSA) is 55.4 Å². The molecule has 0 unspecified atom stereocenters. The fourth-order valence-corrected chi connectivity index (χ4v) is 3.49. The van der Waals surface area contributed by atoms with E-state index in [1.54, 1.807) is 13.8 Å². The lowest BCUT2D eigenvalue weighted by atomic mass is 9.77. The van der Waals surface area contributed by atoms with Crippen molar-refractivity contribution in [2.45, 2.75) is 45.1 Å². The van der Waals surface area contributed by atoms with E-state index in [4.69, 9.17) is 4.74 Å². The number of hydrogen-bond acceptors (Lipinski definition) is 4. The van der Waals surface area contributed by atoms with Crippen LogP contribution in [0.1, 0.15) is 39.5 Å². The zero-order chi connectivity index (χ0) is 14.3. The molecular formula is C16H21NO3. The number of rotatable bonds is 0. The quantitative estimate of drug-likeness (QED) is 0.684. The standard InChI is InChI=1S/C16H21NO3/c1-10-11(2)15(19)13-9-16(4-7-20-8-5-16)17-6-3-12(13)14(10)18/h17H,3-9H2,1-2H3. The molecule has 1 spiro atoms. The molecule has 108 valence electrons. The predicted molar refractivity (Wildman–Crippen MR) is 75.4 cm³/mol. The van der Waals surface area contributed by atoms with Crippen LogP contribution in [0.5, 0.6) is 0 Å². The highest BCUT2D eigenvalue weighted by Gasteiger charge is 2.40. The van der Waals surface area contributed by atoms with E-state index in [9.17, 15) is 9.59 Å². The number of carbonyl (C=O) groups excluding carboxylic acids is 2. The first-order chi connectivity index (χ1) is 9.54. The Morgan fingerprint density at radius 1 is 1.00 bits per heavy atom. The molecule has 0 saturated carbocycles. The van der Waals surface area contributed by atoms with E-state index < -0.39 is 0 Å². The molecule has 2 heterocycles. The molecule has 2 aliphatic heterocycles. The van der Waals surface area contributed by atoms with Gasteiger partial charge in [-0.3, -0.25) is 9.59 Å². The SMILES string of the molecule is CC1=C(C)C(=O)C2=C(CCNC3(CCOCC3)C2)C1=O. The van der Waals surface area contributed by atoms with Crippen LogP contribution >= 0.6 is 0 Å². The lowest BCUT2D eigenvalue weighted by Gasteiger charge is -2.38. The average Bonchev–Trinajstić information content (AvgIpc) is 2.64. The van der Waals surface area contributed by atoms with Gasteiger partial charge >= 0.3 is 0 Å². The van der Waals surface area contributed by atoms with Gasteiger partial charge in [-0.2, -0.15) is 0 Å². The second-order valence-electron chi connectivity index (χ2n) is 6.11. The largest absolute Gasteiger partial charge is 0.381 e. The number of ether oxygens (including phenoxy) is 1. The van der Waals surface area contributed by atoms with Gasteiger partial charge in [0.2, 0.25) is 0 Å². The van der Waals surface area contributed by atoms with Crippen molar-refractivity contribution in [2.24, 2.45) is 0 Å². The highest BCUT2D eigenvalue weighted by atomic mass is 16.5. The Hall–Kier alpha value is -1.26. The third kappa shape index (κ3) is 2.07. The fourth-order valence-electron chi connectivity index (χ4n) is 3.49. The number of ketones is 2. The monoisotopic (exact) mass is 275 g/mol. The molecule has 0 radical (unpaired) electrons. The van der Waals surface area contributed by atoms with E-state index in [2.05, 4.69) is 5.32 Å². The molecule has 1 saturated heterocycles. The van der Waals surface area contributed by atoms with E-state index in [1.807, 2.05) is 0 Å². The Morgan fingerprint density at radius 3 is 2.25 bits per heavy atom. The van der Waals surface area contributed by atoms with Gasteiger partial charge in [0.25, 0.3) is 0 Å². The molecule has 20 heavy (non-hydrogen) atoms. The van der Waals surface area contributed by atoms with E-state index >= 15 is 0 Å². The van der Waals surface area contributed by atoms with E-state index in [1.165, 1.54) is 0 Å². The van der Waals surface area contributed by atoms with Crippen LogP contribution in [0.3, 0.4) is 0 Å². The van der Waals surface area contributed by atoms with Gasteiger partial charge in [-0.05, 0) is 46.1 Å². The molecular weight excluding hydrogens is 254 g/mol. The minimum atomic E-state index is -0.0587. The lowest BCUT2D eigenvalue weighted by Crippen LogP contribution is -2.49. The van der Waals surface area contributed by atoms with Crippen LogP contribution in [0.4, 0.5) is 0 Å². The van der Waals surface area contributed by atoms with Crippen molar-refractivity contribution in [3.63, 3.8) is 0 Å². The average molecular weight is 275 g/mol. The van der Waals surface area contributed by atoms with Gasteiger partial charge in [-0.1, -0.05) is 0 Å². The zero-order valence-electron chi connectivity index (χ0n) is 12.2. The molecule has 1 aliphatic carbocycles. The Balaban J connectivity index is 1.98. The second kappa shape index (κ2) is 4.93. The van der Waals surface area contributed by atoms with Gasteiger partial charge in [0, 0.05) is 41.0 Å². The summed E-state index contributed by atoms with van der Waals surface area (Å²) < 4.78 is 5.44. The Bertz CT molecular complexity index is 536. The molecule has 3 aliphatic rings. The van der Waals surface area contributed by atoms with Crippen LogP contribution in [0.15, 0.2) is 22.3 Å². The molecule has 1 fully saturated rings. The number of Topliss-reactive ketones (excluding diaryl/α,β-unsaturated/α-hetero) is 2. The summed E-state index contributed by atoms with van der Waals surface area (Å²) in [6, 6.07) is 0.